The van der Waals surface area contributed by atoms with Gasteiger partial charge in [0.25, 0.3) is 5.91 Å². The summed E-state index contributed by atoms with van der Waals surface area (Å²) in [4.78, 5) is 11.5. The fourth-order valence-electron chi connectivity index (χ4n) is 1.30. The number of carbonyl (C=O) groups is 1. The van der Waals surface area contributed by atoms with Gasteiger partial charge < -0.3 is 10.1 Å². The first-order valence-electron chi connectivity index (χ1n) is 5.22. The van der Waals surface area contributed by atoms with Crippen LogP contribution in [0.5, 0.6) is 5.75 Å². The van der Waals surface area contributed by atoms with Gasteiger partial charge in [-0.1, -0.05) is 17.7 Å². The smallest absolute Gasteiger partial charge is 0.262 e. The van der Waals surface area contributed by atoms with Gasteiger partial charge >= 0.3 is 0 Å². The van der Waals surface area contributed by atoms with Gasteiger partial charge in [-0.05, 0) is 19.1 Å². The molecule has 17 heavy (non-hydrogen) atoms. The van der Waals surface area contributed by atoms with Gasteiger partial charge in [0.05, 0.1) is 11.9 Å². The molecular formula is C12H13N3O2. The zero-order chi connectivity index (χ0) is 12.1. The van der Waals surface area contributed by atoms with Crippen LogP contribution in [-0.2, 0) is 4.79 Å². The van der Waals surface area contributed by atoms with Gasteiger partial charge in [-0.15, -0.1) is 0 Å². The molecule has 1 amide bonds. The van der Waals surface area contributed by atoms with Crippen LogP contribution in [-0.4, -0.2) is 22.7 Å². The highest BCUT2D eigenvalue weighted by molar-refractivity contribution is 5.91. The van der Waals surface area contributed by atoms with Gasteiger partial charge in [-0.25, -0.2) is 0 Å². The SMILES string of the molecule is Cc1ccc(OCC(=O)Nc2cn[nH]c2)cc1. The van der Waals surface area contributed by atoms with Gasteiger partial charge in [-0.2, -0.15) is 5.10 Å². The number of rotatable bonds is 4. The maximum atomic E-state index is 11.5. The molecular weight excluding hydrogens is 218 g/mol. The third-order valence-corrected chi connectivity index (χ3v) is 2.17. The highest BCUT2D eigenvalue weighted by atomic mass is 16.5. The van der Waals surface area contributed by atoms with E-state index in [4.69, 9.17) is 4.74 Å². The van der Waals surface area contributed by atoms with Crippen molar-refractivity contribution in [3.8, 4) is 5.75 Å². The van der Waals surface area contributed by atoms with E-state index in [1.165, 1.54) is 6.20 Å². The van der Waals surface area contributed by atoms with E-state index in [9.17, 15) is 4.79 Å². The lowest BCUT2D eigenvalue weighted by Crippen LogP contribution is -2.19. The van der Waals surface area contributed by atoms with Gasteiger partial charge in [0.1, 0.15) is 5.75 Å². The van der Waals surface area contributed by atoms with Crippen LogP contribution in [0.4, 0.5) is 5.69 Å². The number of amides is 1. The Morgan fingerprint density at radius 3 is 2.82 bits per heavy atom. The first-order chi connectivity index (χ1) is 8.24. The zero-order valence-corrected chi connectivity index (χ0v) is 9.43. The highest BCUT2D eigenvalue weighted by Gasteiger charge is 2.03. The molecule has 5 nitrogen and oxygen atoms in total. The Bertz CT molecular complexity index is 477. The number of ether oxygens (including phenoxy) is 1. The number of aryl methyl sites for hydroxylation is 1. The molecule has 0 fully saturated rings. The minimum absolute atomic E-state index is 0.0196. The fourth-order valence-corrected chi connectivity index (χ4v) is 1.30. The van der Waals surface area contributed by atoms with Gasteiger partial charge in [0.15, 0.2) is 6.61 Å². The lowest BCUT2D eigenvalue weighted by molar-refractivity contribution is -0.118. The molecule has 0 bridgehead atoms. The molecule has 2 aromatic rings. The summed E-state index contributed by atoms with van der Waals surface area (Å²) in [5, 5.41) is 8.98. The molecule has 88 valence electrons. The second-order valence-corrected chi connectivity index (χ2v) is 3.64. The number of nitrogens with one attached hydrogen (secondary N) is 2. The summed E-state index contributed by atoms with van der Waals surface area (Å²) < 4.78 is 5.33. The minimum atomic E-state index is -0.216. The van der Waals surface area contributed by atoms with E-state index in [1.807, 2.05) is 31.2 Å². The number of aromatic amines is 1. The molecule has 0 saturated heterocycles. The summed E-state index contributed by atoms with van der Waals surface area (Å²) >= 11 is 0. The Labute approximate surface area is 98.8 Å². The van der Waals surface area contributed by atoms with Crippen LogP contribution in [0.1, 0.15) is 5.56 Å². The number of anilines is 1. The van der Waals surface area contributed by atoms with Crippen LogP contribution in [0, 0.1) is 6.92 Å². The third-order valence-electron chi connectivity index (χ3n) is 2.17. The molecule has 2 rings (SSSR count). The molecule has 0 saturated carbocycles. The number of aromatic nitrogens is 2. The van der Waals surface area contributed by atoms with Crippen molar-refractivity contribution in [1.82, 2.24) is 10.2 Å². The molecule has 1 aromatic carbocycles. The van der Waals surface area contributed by atoms with Crippen LogP contribution in [0.15, 0.2) is 36.7 Å². The molecule has 2 N–H and O–H groups in total. The average Bonchev–Trinajstić information content (AvgIpc) is 2.81. The second kappa shape index (κ2) is 5.16. The van der Waals surface area contributed by atoms with Crippen molar-refractivity contribution < 1.29 is 9.53 Å². The van der Waals surface area contributed by atoms with Crippen molar-refractivity contribution in [3.63, 3.8) is 0 Å². The molecule has 0 radical (unpaired) electrons. The molecule has 0 aliphatic heterocycles. The van der Waals surface area contributed by atoms with E-state index in [1.54, 1.807) is 6.20 Å². The Morgan fingerprint density at radius 2 is 2.18 bits per heavy atom. The maximum absolute atomic E-state index is 11.5. The molecule has 1 heterocycles. The summed E-state index contributed by atoms with van der Waals surface area (Å²) in [6.07, 6.45) is 3.13. The second-order valence-electron chi connectivity index (χ2n) is 3.64. The molecule has 0 atom stereocenters. The number of H-pyrrole nitrogens is 1. The zero-order valence-electron chi connectivity index (χ0n) is 9.43. The van der Waals surface area contributed by atoms with Gasteiger partial charge in [-0.3, -0.25) is 9.89 Å². The van der Waals surface area contributed by atoms with Crippen molar-refractivity contribution in [2.24, 2.45) is 0 Å². The normalized spacial score (nSPS) is 9.94. The van der Waals surface area contributed by atoms with Gasteiger partial charge in [0, 0.05) is 6.20 Å². The summed E-state index contributed by atoms with van der Waals surface area (Å²) in [5.41, 5.74) is 1.78. The summed E-state index contributed by atoms with van der Waals surface area (Å²) in [7, 11) is 0. The van der Waals surface area contributed by atoms with Gasteiger partial charge in [0.2, 0.25) is 0 Å². The van der Waals surface area contributed by atoms with Crippen molar-refractivity contribution >= 4 is 11.6 Å². The predicted molar refractivity (Wildman–Crippen MR) is 63.9 cm³/mol. The van der Waals surface area contributed by atoms with E-state index in [-0.39, 0.29) is 12.5 Å². The Kier molecular flexibility index (Phi) is 3.40. The molecule has 0 spiro atoms. The molecule has 0 aliphatic rings. The predicted octanol–water partition coefficient (Wildman–Crippen LogP) is 1.74. The monoisotopic (exact) mass is 231 g/mol. The van der Waals surface area contributed by atoms with E-state index in [0.717, 1.165) is 5.56 Å². The Morgan fingerprint density at radius 1 is 1.41 bits per heavy atom. The van der Waals surface area contributed by atoms with Crippen LogP contribution in [0.3, 0.4) is 0 Å². The highest BCUT2D eigenvalue weighted by Crippen LogP contribution is 2.11. The number of nitrogens with zero attached hydrogens (tertiary/aromatic N) is 1. The van der Waals surface area contributed by atoms with Crippen LogP contribution in [0.25, 0.3) is 0 Å². The van der Waals surface area contributed by atoms with Crippen molar-refractivity contribution in [3.05, 3.63) is 42.2 Å². The van der Waals surface area contributed by atoms with Crippen molar-refractivity contribution in [2.45, 2.75) is 6.92 Å². The number of hydrogen-bond donors (Lipinski definition) is 2. The van der Waals surface area contributed by atoms with E-state index < -0.39 is 0 Å². The lowest BCUT2D eigenvalue weighted by atomic mass is 10.2. The molecule has 0 unspecified atom stereocenters. The maximum Gasteiger partial charge on any atom is 0.262 e. The largest absolute Gasteiger partial charge is 0.484 e. The van der Waals surface area contributed by atoms with Crippen LogP contribution < -0.4 is 10.1 Å². The Balaban J connectivity index is 1.82. The van der Waals surface area contributed by atoms with Crippen LogP contribution >= 0.6 is 0 Å². The molecule has 0 aliphatic carbocycles. The number of carbonyl (C=O) groups excluding carboxylic acids is 1. The van der Waals surface area contributed by atoms with E-state index in [0.29, 0.717) is 11.4 Å². The quantitative estimate of drug-likeness (QED) is 0.842. The molecule has 5 heteroatoms. The van der Waals surface area contributed by atoms with Crippen molar-refractivity contribution in [2.75, 3.05) is 11.9 Å². The lowest BCUT2D eigenvalue weighted by Gasteiger charge is -2.06. The summed E-state index contributed by atoms with van der Waals surface area (Å²) in [6, 6.07) is 7.54. The van der Waals surface area contributed by atoms with Crippen molar-refractivity contribution in [1.29, 1.82) is 0 Å². The molecule has 1 aromatic heterocycles. The first-order valence-corrected chi connectivity index (χ1v) is 5.22. The first kappa shape index (κ1) is 11.2. The average molecular weight is 231 g/mol. The van der Waals surface area contributed by atoms with E-state index >= 15 is 0 Å². The Hall–Kier alpha value is -2.30. The number of hydrogen-bond acceptors (Lipinski definition) is 3. The number of benzene rings is 1. The summed E-state index contributed by atoms with van der Waals surface area (Å²) in [5.74, 6) is 0.463. The fraction of sp³-hybridized carbons (Fsp3) is 0.167. The third kappa shape index (κ3) is 3.34. The van der Waals surface area contributed by atoms with Crippen LogP contribution in [0.2, 0.25) is 0 Å². The standard InChI is InChI=1S/C12H13N3O2/c1-9-2-4-11(5-3-9)17-8-12(16)15-10-6-13-14-7-10/h2-7H,8H2,1H3,(H,13,14)(H,15,16). The topological polar surface area (TPSA) is 67.0 Å². The van der Waals surface area contributed by atoms with E-state index in [2.05, 4.69) is 15.5 Å². The minimum Gasteiger partial charge on any atom is -0.484 e. The summed E-state index contributed by atoms with van der Waals surface area (Å²) in [6.45, 7) is 1.98.